The summed E-state index contributed by atoms with van der Waals surface area (Å²) in [6.45, 7) is 4.13. The number of hydrogen-bond donors (Lipinski definition) is 1. The molecule has 0 N–H and O–H groups in total. The highest BCUT2D eigenvalue weighted by molar-refractivity contribution is 8.68. The molecule has 9 heavy (non-hydrogen) atoms. The first-order valence-corrected chi connectivity index (χ1v) is 4.55. The van der Waals surface area contributed by atoms with Gasteiger partial charge in [-0.25, -0.2) is 0 Å². The van der Waals surface area contributed by atoms with E-state index in [0.29, 0.717) is 0 Å². The van der Waals surface area contributed by atoms with Crippen molar-refractivity contribution in [2.24, 2.45) is 0 Å². The van der Waals surface area contributed by atoms with Crippen molar-refractivity contribution < 1.29 is 0 Å². The summed E-state index contributed by atoms with van der Waals surface area (Å²) in [4.78, 5) is 0. The first-order chi connectivity index (χ1) is 4.25. The molecule has 1 nitrogen and oxygen atoms in total. The third-order valence-electron chi connectivity index (χ3n) is 1.29. The Morgan fingerprint density at radius 2 is 1.78 bits per heavy atom. The van der Waals surface area contributed by atoms with Gasteiger partial charge in [0.2, 0.25) is 0 Å². The molecule has 0 amide bonds. The zero-order valence-corrected chi connectivity index (χ0v) is 7.17. The zero-order chi connectivity index (χ0) is 6.85. The third-order valence-corrected chi connectivity index (χ3v) is 2.52. The fraction of sp³-hybridized carbons (Fsp3) is 0.333. The Morgan fingerprint density at radius 1 is 1.33 bits per heavy atom. The highest BCUT2D eigenvalue weighted by Crippen LogP contribution is 2.17. The molecule has 0 radical (unpaired) electrons. The van der Waals surface area contributed by atoms with Crippen molar-refractivity contribution >= 4 is 22.6 Å². The highest BCUT2D eigenvalue weighted by Gasteiger charge is 1.96. The fourth-order valence-electron chi connectivity index (χ4n) is 0.784. The molecule has 0 aromatic carbocycles. The summed E-state index contributed by atoms with van der Waals surface area (Å²) in [7, 11) is 1.44. The lowest BCUT2D eigenvalue weighted by molar-refractivity contribution is 1.12. The van der Waals surface area contributed by atoms with Gasteiger partial charge in [-0.2, -0.15) is 0 Å². The number of aromatic nitrogens is 1. The second-order valence-electron chi connectivity index (χ2n) is 1.99. The maximum absolute atomic E-state index is 4.10. The van der Waals surface area contributed by atoms with Crippen LogP contribution in [-0.4, -0.2) is 3.97 Å². The fourth-order valence-corrected chi connectivity index (χ4v) is 1.94. The van der Waals surface area contributed by atoms with Crippen LogP contribution in [0.5, 0.6) is 0 Å². The smallest absolute Gasteiger partial charge is 0.0273 e. The van der Waals surface area contributed by atoms with E-state index in [9.17, 15) is 0 Å². The lowest BCUT2D eigenvalue weighted by atomic mass is 10.5. The molecule has 1 heterocycles. The van der Waals surface area contributed by atoms with Crippen LogP contribution in [0.25, 0.3) is 0 Å². The van der Waals surface area contributed by atoms with Crippen LogP contribution < -0.4 is 0 Å². The van der Waals surface area contributed by atoms with Crippen LogP contribution in [0.2, 0.25) is 0 Å². The van der Waals surface area contributed by atoms with E-state index in [1.807, 2.05) is 0 Å². The minimum absolute atomic E-state index is 1.24. The summed E-state index contributed by atoms with van der Waals surface area (Å²) < 4.78 is 2.07. The van der Waals surface area contributed by atoms with Gasteiger partial charge in [0.25, 0.3) is 0 Å². The van der Waals surface area contributed by atoms with Crippen molar-refractivity contribution in [1.82, 2.24) is 3.97 Å². The normalized spacial score (nSPS) is 10.1. The number of hydrogen-bond acceptors (Lipinski definition) is 2. The molecule has 0 aliphatic rings. The number of nitrogens with zero attached hydrogens (tertiary/aromatic N) is 1. The van der Waals surface area contributed by atoms with Crippen LogP contribution >= 0.6 is 22.6 Å². The zero-order valence-electron chi connectivity index (χ0n) is 5.46. The van der Waals surface area contributed by atoms with Crippen LogP contribution in [0.4, 0.5) is 0 Å². The van der Waals surface area contributed by atoms with Gasteiger partial charge in [0, 0.05) is 22.4 Å². The van der Waals surface area contributed by atoms with Crippen molar-refractivity contribution in [2.45, 2.75) is 13.8 Å². The van der Waals surface area contributed by atoms with E-state index in [1.54, 1.807) is 0 Å². The van der Waals surface area contributed by atoms with Gasteiger partial charge in [0.1, 0.15) is 0 Å². The average Bonchev–Trinajstić information content (AvgIpc) is 2.12. The molecule has 50 valence electrons. The van der Waals surface area contributed by atoms with Crippen molar-refractivity contribution in [3.63, 3.8) is 0 Å². The Bertz CT molecular complexity index is 185. The second-order valence-corrected chi connectivity index (χ2v) is 3.01. The van der Waals surface area contributed by atoms with Gasteiger partial charge in [-0.3, -0.25) is 3.97 Å². The second kappa shape index (κ2) is 2.71. The first-order valence-electron chi connectivity index (χ1n) is 2.72. The summed E-state index contributed by atoms with van der Waals surface area (Å²) in [6, 6.07) is 4.16. The molecule has 1 aromatic heterocycles. The molecular weight excluding hydrogens is 150 g/mol. The van der Waals surface area contributed by atoms with Crippen molar-refractivity contribution in [2.75, 3.05) is 0 Å². The van der Waals surface area contributed by atoms with E-state index >= 15 is 0 Å². The summed E-state index contributed by atoms with van der Waals surface area (Å²) in [5.74, 6) is 0. The molecule has 0 spiro atoms. The average molecular weight is 159 g/mol. The Labute approximate surface area is 64.4 Å². The van der Waals surface area contributed by atoms with E-state index in [-0.39, 0.29) is 0 Å². The van der Waals surface area contributed by atoms with E-state index in [1.165, 1.54) is 22.4 Å². The summed E-state index contributed by atoms with van der Waals surface area (Å²) in [5.41, 5.74) is 2.49. The molecule has 0 saturated heterocycles. The minimum Gasteiger partial charge on any atom is -0.284 e. The molecule has 0 unspecified atom stereocenters. The van der Waals surface area contributed by atoms with Crippen LogP contribution in [0.3, 0.4) is 0 Å². The number of thiol groups is 1. The van der Waals surface area contributed by atoms with Gasteiger partial charge < -0.3 is 0 Å². The summed E-state index contributed by atoms with van der Waals surface area (Å²) >= 11 is 4.10. The van der Waals surface area contributed by atoms with Crippen LogP contribution in [0.15, 0.2) is 12.1 Å². The molecule has 0 bridgehead atoms. The molecule has 1 rings (SSSR count). The summed E-state index contributed by atoms with van der Waals surface area (Å²) in [6.07, 6.45) is 0. The Kier molecular flexibility index (Phi) is 2.13. The Morgan fingerprint density at radius 3 is 2.00 bits per heavy atom. The molecule has 0 atom stereocenters. The first kappa shape index (κ1) is 7.09. The van der Waals surface area contributed by atoms with Crippen molar-refractivity contribution in [1.29, 1.82) is 0 Å². The maximum Gasteiger partial charge on any atom is 0.0273 e. The van der Waals surface area contributed by atoms with Crippen molar-refractivity contribution in [3.05, 3.63) is 23.5 Å². The predicted molar refractivity (Wildman–Crippen MR) is 45.9 cm³/mol. The standard InChI is InChI=1S/C6H9NS2/c1-5-3-4-6(2)7(5)9-8/h3-4,8H,1-2H3. The van der Waals surface area contributed by atoms with Crippen molar-refractivity contribution in [3.8, 4) is 0 Å². The van der Waals surface area contributed by atoms with Crippen LogP contribution in [0, 0.1) is 13.8 Å². The molecule has 0 aliphatic carbocycles. The molecule has 0 saturated carbocycles. The molecule has 0 fully saturated rings. The Balaban J connectivity index is 3.07. The monoisotopic (exact) mass is 159 g/mol. The number of rotatable bonds is 1. The molecule has 0 aliphatic heterocycles. The molecule has 3 heteroatoms. The van der Waals surface area contributed by atoms with Gasteiger partial charge in [0.15, 0.2) is 0 Å². The number of aryl methyl sites for hydroxylation is 2. The lowest BCUT2D eigenvalue weighted by Gasteiger charge is -2.00. The van der Waals surface area contributed by atoms with E-state index in [4.69, 9.17) is 0 Å². The highest BCUT2D eigenvalue weighted by atomic mass is 33.1. The van der Waals surface area contributed by atoms with Gasteiger partial charge in [0.05, 0.1) is 0 Å². The van der Waals surface area contributed by atoms with Gasteiger partial charge in [-0.15, -0.1) is 0 Å². The van der Waals surface area contributed by atoms with Crippen LogP contribution in [0.1, 0.15) is 11.4 Å². The summed E-state index contributed by atoms with van der Waals surface area (Å²) in [5, 5.41) is 0. The lowest BCUT2D eigenvalue weighted by Crippen LogP contribution is -1.86. The predicted octanol–water partition coefficient (Wildman–Crippen LogP) is 2.45. The third kappa shape index (κ3) is 1.27. The van der Waals surface area contributed by atoms with Gasteiger partial charge >= 0.3 is 0 Å². The van der Waals surface area contributed by atoms with Gasteiger partial charge in [-0.05, 0) is 26.0 Å². The van der Waals surface area contributed by atoms with E-state index < -0.39 is 0 Å². The molecule has 1 aromatic rings. The van der Waals surface area contributed by atoms with Crippen LogP contribution in [-0.2, 0) is 0 Å². The quantitative estimate of drug-likeness (QED) is 0.487. The molecular formula is C6H9NS2. The topological polar surface area (TPSA) is 4.93 Å². The Hall–Kier alpha value is -0.0200. The SMILES string of the molecule is Cc1ccc(C)n1SS. The van der Waals surface area contributed by atoms with Gasteiger partial charge in [-0.1, -0.05) is 11.7 Å². The van der Waals surface area contributed by atoms with E-state index in [0.717, 1.165) is 0 Å². The maximum atomic E-state index is 4.10. The van der Waals surface area contributed by atoms with E-state index in [2.05, 4.69) is 41.6 Å². The largest absolute Gasteiger partial charge is 0.284 e. The minimum atomic E-state index is 1.24.